The van der Waals surface area contributed by atoms with Crippen molar-refractivity contribution in [2.45, 2.75) is 26.8 Å². The van der Waals surface area contributed by atoms with E-state index < -0.39 is 5.97 Å². The maximum Gasteiger partial charge on any atom is 0.352 e. The lowest BCUT2D eigenvalue weighted by molar-refractivity contribution is 0.0683. The van der Waals surface area contributed by atoms with Crippen molar-refractivity contribution in [1.29, 1.82) is 0 Å². The topological polar surface area (TPSA) is 42.2 Å². The summed E-state index contributed by atoms with van der Waals surface area (Å²) in [6, 6.07) is 9.26. The maximum atomic E-state index is 11.3. The van der Waals surface area contributed by atoms with Crippen molar-refractivity contribution in [2.75, 3.05) is 0 Å². The molecule has 0 aliphatic carbocycles. The van der Waals surface area contributed by atoms with Gasteiger partial charge < -0.3 is 9.67 Å². The molecule has 19 heavy (non-hydrogen) atoms. The van der Waals surface area contributed by atoms with Crippen molar-refractivity contribution >= 4 is 17.6 Å². The summed E-state index contributed by atoms with van der Waals surface area (Å²) in [5, 5.41) is 9.87. The molecule has 0 amide bonds. The number of carbonyl (C=O) groups is 1. The molecular weight excluding hydrogens is 262 g/mol. The summed E-state index contributed by atoms with van der Waals surface area (Å²) >= 11 is 6.27. The molecular formula is C15H16ClNO2. The summed E-state index contributed by atoms with van der Waals surface area (Å²) in [4.78, 5) is 11.3. The highest BCUT2D eigenvalue weighted by atomic mass is 35.5. The van der Waals surface area contributed by atoms with E-state index in [1.807, 2.05) is 39.0 Å². The third-order valence-electron chi connectivity index (χ3n) is 3.05. The van der Waals surface area contributed by atoms with Crippen LogP contribution in [0.4, 0.5) is 0 Å². The number of aromatic carboxylic acids is 1. The number of aryl methyl sites for hydroxylation is 1. The van der Waals surface area contributed by atoms with Gasteiger partial charge in [-0.2, -0.15) is 0 Å². The summed E-state index contributed by atoms with van der Waals surface area (Å²) in [5.74, 6) is -0.928. The van der Waals surface area contributed by atoms with Gasteiger partial charge in [-0.25, -0.2) is 4.79 Å². The van der Waals surface area contributed by atoms with E-state index >= 15 is 0 Å². The first-order valence-electron chi connectivity index (χ1n) is 6.13. The fraction of sp³-hybridized carbons (Fsp3) is 0.267. The van der Waals surface area contributed by atoms with Gasteiger partial charge in [-0.15, -0.1) is 0 Å². The predicted molar refractivity (Wildman–Crippen MR) is 77.0 cm³/mol. The molecule has 0 atom stereocenters. The summed E-state index contributed by atoms with van der Waals surface area (Å²) in [6.07, 6.45) is 0. The fourth-order valence-corrected chi connectivity index (χ4v) is 2.56. The molecule has 0 aliphatic rings. The van der Waals surface area contributed by atoms with E-state index in [-0.39, 0.29) is 11.7 Å². The van der Waals surface area contributed by atoms with Gasteiger partial charge in [0, 0.05) is 11.6 Å². The Kier molecular flexibility index (Phi) is 3.67. The average molecular weight is 278 g/mol. The number of halogens is 1. The number of aromatic nitrogens is 1. The molecule has 1 heterocycles. The second-order valence-corrected chi connectivity index (χ2v) is 5.26. The van der Waals surface area contributed by atoms with Gasteiger partial charge in [-0.1, -0.05) is 23.7 Å². The quantitative estimate of drug-likeness (QED) is 0.904. The second-order valence-electron chi connectivity index (χ2n) is 4.86. The van der Waals surface area contributed by atoms with Crippen LogP contribution in [0.1, 0.15) is 35.9 Å². The molecule has 1 aromatic heterocycles. The Morgan fingerprint density at radius 3 is 2.47 bits per heavy atom. The Bertz CT molecular complexity index is 629. The van der Waals surface area contributed by atoms with Gasteiger partial charge in [-0.3, -0.25) is 0 Å². The monoisotopic (exact) mass is 277 g/mol. The van der Waals surface area contributed by atoms with Crippen LogP contribution in [0, 0.1) is 6.92 Å². The van der Waals surface area contributed by atoms with Crippen LogP contribution < -0.4 is 0 Å². The average Bonchev–Trinajstić information content (AvgIpc) is 2.73. The van der Waals surface area contributed by atoms with E-state index in [2.05, 4.69) is 0 Å². The highest BCUT2D eigenvalue weighted by Gasteiger charge is 2.18. The lowest BCUT2D eigenvalue weighted by Gasteiger charge is -2.16. The number of carboxylic acid groups (broad SMARTS) is 1. The van der Waals surface area contributed by atoms with Crippen LogP contribution in [0.15, 0.2) is 30.3 Å². The Balaban J connectivity index is 2.65. The number of nitrogens with zero attached hydrogens (tertiary/aromatic N) is 1. The zero-order chi connectivity index (χ0) is 14.2. The van der Waals surface area contributed by atoms with Crippen molar-refractivity contribution in [3.63, 3.8) is 0 Å². The van der Waals surface area contributed by atoms with Crippen LogP contribution in [0.5, 0.6) is 0 Å². The minimum atomic E-state index is -0.928. The molecule has 0 unspecified atom stereocenters. The van der Waals surface area contributed by atoms with Crippen molar-refractivity contribution in [3.05, 3.63) is 46.6 Å². The summed E-state index contributed by atoms with van der Waals surface area (Å²) in [7, 11) is 0. The third-order valence-corrected chi connectivity index (χ3v) is 3.37. The first-order chi connectivity index (χ1) is 8.91. The number of rotatable bonds is 3. The molecule has 1 N–H and O–H groups in total. The van der Waals surface area contributed by atoms with Gasteiger partial charge in [0.1, 0.15) is 5.69 Å². The molecule has 2 rings (SSSR count). The molecule has 4 heteroatoms. The molecule has 0 radical (unpaired) electrons. The third kappa shape index (κ3) is 2.51. The summed E-state index contributed by atoms with van der Waals surface area (Å²) < 4.78 is 1.79. The van der Waals surface area contributed by atoms with Crippen molar-refractivity contribution in [2.24, 2.45) is 0 Å². The van der Waals surface area contributed by atoms with Crippen molar-refractivity contribution in [1.82, 2.24) is 4.57 Å². The molecule has 0 saturated carbocycles. The Morgan fingerprint density at radius 1 is 1.26 bits per heavy atom. The number of hydrogen-bond acceptors (Lipinski definition) is 1. The SMILES string of the molecule is Cc1ccc(-c2ccc(C(=O)O)n2C(C)C)c(Cl)c1. The van der Waals surface area contributed by atoms with Gasteiger partial charge in [-0.05, 0) is 44.5 Å². The second kappa shape index (κ2) is 5.10. The minimum Gasteiger partial charge on any atom is -0.477 e. The minimum absolute atomic E-state index is 0.0495. The largest absolute Gasteiger partial charge is 0.477 e. The molecule has 2 aromatic rings. The van der Waals surface area contributed by atoms with Gasteiger partial charge in [0.05, 0.1) is 10.7 Å². The molecule has 0 bridgehead atoms. The van der Waals surface area contributed by atoms with Crippen LogP contribution in [0.25, 0.3) is 11.3 Å². The number of carboxylic acids is 1. The first-order valence-corrected chi connectivity index (χ1v) is 6.50. The fourth-order valence-electron chi connectivity index (χ4n) is 2.23. The highest BCUT2D eigenvalue weighted by molar-refractivity contribution is 6.33. The number of benzene rings is 1. The van der Waals surface area contributed by atoms with E-state index in [0.717, 1.165) is 16.8 Å². The van der Waals surface area contributed by atoms with Crippen LogP contribution >= 0.6 is 11.6 Å². The maximum absolute atomic E-state index is 11.3. The number of hydrogen-bond donors (Lipinski definition) is 1. The Labute approximate surface area is 117 Å². The zero-order valence-electron chi connectivity index (χ0n) is 11.1. The van der Waals surface area contributed by atoms with E-state index in [9.17, 15) is 9.90 Å². The molecule has 0 spiro atoms. The Morgan fingerprint density at radius 2 is 1.95 bits per heavy atom. The van der Waals surface area contributed by atoms with E-state index in [1.54, 1.807) is 16.7 Å². The molecule has 3 nitrogen and oxygen atoms in total. The standard InChI is InChI=1S/C15H16ClNO2/c1-9(2)17-13(6-7-14(17)15(18)19)11-5-4-10(3)8-12(11)16/h4-9H,1-3H3,(H,18,19). The normalized spacial score (nSPS) is 11.0. The predicted octanol–water partition coefficient (Wildman–Crippen LogP) is 4.40. The lowest BCUT2D eigenvalue weighted by Crippen LogP contribution is -2.11. The van der Waals surface area contributed by atoms with Crippen LogP contribution in [-0.4, -0.2) is 15.6 Å². The van der Waals surface area contributed by atoms with E-state index in [4.69, 9.17) is 11.6 Å². The van der Waals surface area contributed by atoms with E-state index in [1.165, 1.54) is 0 Å². The van der Waals surface area contributed by atoms with Gasteiger partial charge in [0.2, 0.25) is 0 Å². The smallest absolute Gasteiger partial charge is 0.352 e. The highest BCUT2D eigenvalue weighted by Crippen LogP contribution is 2.32. The van der Waals surface area contributed by atoms with Crippen LogP contribution in [0.3, 0.4) is 0 Å². The van der Waals surface area contributed by atoms with Gasteiger partial charge in [0.25, 0.3) is 0 Å². The van der Waals surface area contributed by atoms with Gasteiger partial charge in [0.15, 0.2) is 0 Å². The van der Waals surface area contributed by atoms with Gasteiger partial charge >= 0.3 is 5.97 Å². The van der Waals surface area contributed by atoms with Crippen LogP contribution in [-0.2, 0) is 0 Å². The van der Waals surface area contributed by atoms with Crippen molar-refractivity contribution in [3.8, 4) is 11.3 Å². The van der Waals surface area contributed by atoms with E-state index in [0.29, 0.717) is 5.02 Å². The van der Waals surface area contributed by atoms with Crippen molar-refractivity contribution < 1.29 is 9.90 Å². The van der Waals surface area contributed by atoms with Crippen LogP contribution in [0.2, 0.25) is 5.02 Å². The summed E-state index contributed by atoms with van der Waals surface area (Å²) in [6.45, 7) is 5.88. The molecule has 100 valence electrons. The molecule has 0 saturated heterocycles. The zero-order valence-corrected chi connectivity index (χ0v) is 11.9. The molecule has 1 aromatic carbocycles. The Hall–Kier alpha value is -1.74. The molecule has 0 fully saturated rings. The molecule has 0 aliphatic heterocycles. The first kappa shape index (κ1) is 13.7. The summed E-state index contributed by atoms with van der Waals surface area (Å²) in [5.41, 5.74) is 3.04. The lowest BCUT2D eigenvalue weighted by atomic mass is 10.1.